The van der Waals surface area contributed by atoms with E-state index in [0.717, 1.165) is 72.1 Å². The van der Waals surface area contributed by atoms with Crippen molar-refractivity contribution in [2.75, 3.05) is 0 Å². The normalized spacial score (nSPS) is 11.6. The third kappa shape index (κ3) is 4.51. The van der Waals surface area contributed by atoms with Crippen LogP contribution in [0.25, 0.3) is 93.6 Å². The molecule has 0 amide bonds. The van der Waals surface area contributed by atoms with E-state index in [2.05, 4.69) is 171 Å². The highest BCUT2D eigenvalue weighted by atomic mass is 15.0. The van der Waals surface area contributed by atoms with Gasteiger partial charge >= 0.3 is 0 Å². The van der Waals surface area contributed by atoms with E-state index in [1.807, 2.05) is 30.3 Å². The Kier molecular flexibility index (Phi) is 6.61. The van der Waals surface area contributed by atoms with Crippen LogP contribution >= 0.6 is 0 Å². The standard InChI is InChI=1S/C50H29N5/c51-30-32-20-25-47-42(28-32)50-48(18-9-19-49(50)55-45-16-7-3-12-40(45)41-13-4-8-17-46(41)55)54(47)37-27-33(31-52)26-35(29-37)34-21-23-36(24-22-34)53-43-14-5-1-10-38(43)39-11-2-6-15-44(39)53/h1-29H. The molecule has 254 valence electrons. The number of rotatable bonds is 4. The molecule has 0 saturated heterocycles. The largest absolute Gasteiger partial charge is 0.309 e. The summed E-state index contributed by atoms with van der Waals surface area (Å²) in [7, 11) is 0. The minimum Gasteiger partial charge on any atom is -0.309 e. The molecular formula is C50H29N5. The molecule has 0 aliphatic rings. The second-order valence-corrected chi connectivity index (χ2v) is 14.0. The number of benzene rings is 8. The van der Waals surface area contributed by atoms with Gasteiger partial charge in [-0.2, -0.15) is 10.5 Å². The topological polar surface area (TPSA) is 62.4 Å². The van der Waals surface area contributed by atoms with E-state index in [9.17, 15) is 10.5 Å². The third-order valence-corrected chi connectivity index (χ3v) is 11.1. The van der Waals surface area contributed by atoms with Crippen LogP contribution in [-0.4, -0.2) is 13.7 Å². The van der Waals surface area contributed by atoms with Crippen LogP contribution in [-0.2, 0) is 0 Å². The lowest BCUT2D eigenvalue weighted by molar-refractivity contribution is 1.17. The fraction of sp³-hybridized carbons (Fsp3) is 0. The van der Waals surface area contributed by atoms with E-state index in [4.69, 9.17) is 0 Å². The maximum Gasteiger partial charge on any atom is 0.0992 e. The number of aromatic nitrogens is 3. The van der Waals surface area contributed by atoms with Crippen LogP contribution in [0.3, 0.4) is 0 Å². The third-order valence-electron chi connectivity index (χ3n) is 11.1. The molecule has 0 atom stereocenters. The molecule has 55 heavy (non-hydrogen) atoms. The van der Waals surface area contributed by atoms with Crippen molar-refractivity contribution < 1.29 is 0 Å². The van der Waals surface area contributed by atoms with Crippen molar-refractivity contribution in [3.63, 3.8) is 0 Å². The van der Waals surface area contributed by atoms with E-state index in [1.54, 1.807) is 0 Å². The summed E-state index contributed by atoms with van der Waals surface area (Å²) < 4.78 is 6.89. The van der Waals surface area contributed by atoms with E-state index in [-0.39, 0.29) is 0 Å². The van der Waals surface area contributed by atoms with Crippen molar-refractivity contribution in [3.8, 4) is 40.3 Å². The maximum absolute atomic E-state index is 10.4. The Hall–Kier alpha value is -7.86. The molecule has 0 unspecified atom stereocenters. The Morgan fingerprint density at radius 3 is 1.42 bits per heavy atom. The molecule has 5 heteroatoms. The van der Waals surface area contributed by atoms with Gasteiger partial charge in [-0.15, -0.1) is 0 Å². The Bertz CT molecular complexity index is 3350. The van der Waals surface area contributed by atoms with Gasteiger partial charge in [-0.25, -0.2) is 0 Å². The average Bonchev–Trinajstić information content (AvgIpc) is 3.89. The molecule has 11 rings (SSSR count). The summed E-state index contributed by atoms with van der Waals surface area (Å²) >= 11 is 0. The number of nitriles is 2. The van der Waals surface area contributed by atoms with E-state index >= 15 is 0 Å². The summed E-state index contributed by atoms with van der Waals surface area (Å²) in [4.78, 5) is 0. The first-order chi connectivity index (χ1) is 27.2. The Morgan fingerprint density at radius 1 is 0.327 bits per heavy atom. The lowest BCUT2D eigenvalue weighted by Gasteiger charge is -2.13. The van der Waals surface area contributed by atoms with Gasteiger partial charge in [0.1, 0.15) is 0 Å². The van der Waals surface area contributed by atoms with Crippen LogP contribution in [0.4, 0.5) is 0 Å². The summed E-state index contributed by atoms with van der Waals surface area (Å²) in [6, 6.07) is 65.9. The van der Waals surface area contributed by atoms with Crippen LogP contribution in [0.1, 0.15) is 11.1 Å². The maximum atomic E-state index is 10.4. The second kappa shape index (κ2) is 11.8. The smallest absolute Gasteiger partial charge is 0.0992 e. The molecule has 3 aromatic heterocycles. The van der Waals surface area contributed by atoms with Gasteiger partial charge in [0.2, 0.25) is 0 Å². The molecular weight excluding hydrogens is 671 g/mol. The van der Waals surface area contributed by atoms with Crippen molar-refractivity contribution in [3.05, 3.63) is 187 Å². The van der Waals surface area contributed by atoms with E-state index in [1.165, 1.54) is 21.5 Å². The zero-order valence-electron chi connectivity index (χ0n) is 29.5. The predicted octanol–water partition coefficient (Wildman–Crippen LogP) is 12.4. The molecule has 0 aliphatic heterocycles. The summed E-state index contributed by atoms with van der Waals surface area (Å²) in [6.45, 7) is 0. The first-order valence-electron chi connectivity index (χ1n) is 18.3. The second-order valence-electron chi connectivity index (χ2n) is 14.0. The first-order valence-corrected chi connectivity index (χ1v) is 18.3. The summed E-state index contributed by atoms with van der Waals surface area (Å²) in [5, 5.41) is 27.3. The molecule has 0 aliphatic carbocycles. The van der Waals surface area contributed by atoms with Gasteiger partial charge in [0, 0.05) is 43.7 Å². The van der Waals surface area contributed by atoms with Gasteiger partial charge in [0.05, 0.1) is 62.1 Å². The van der Waals surface area contributed by atoms with Crippen molar-refractivity contribution in [1.82, 2.24) is 13.7 Å². The number of para-hydroxylation sites is 4. The molecule has 0 fully saturated rings. The highest BCUT2D eigenvalue weighted by molar-refractivity contribution is 6.17. The fourth-order valence-electron chi connectivity index (χ4n) is 8.74. The van der Waals surface area contributed by atoms with Crippen LogP contribution in [0, 0.1) is 22.7 Å². The summed E-state index contributed by atoms with van der Waals surface area (Å²) in [5.41, 5.74) is 12.6. The van der Waals surface area contributed by atoms with Gasteiger partial charge in [0.15, 0.2) is 0 Å². The van der Waals surface area contributed by atoms with Crippen molar-refractivity contribution in [2.45, 2.75) is 0 Å². The van der Waals surface area contributed by atoms with Gasteiger partial charge in [-0.1, -0.05) is 91.0 Å². The van der Waals surface area contributed by atoms with E-state index < -0.39 is 0 Å². The monoisotopic (exact) mass is 699 g/mol. The van der Waals surface area contributed by atoms with Gasteiger partial charge in [-0.3, -0.25) is 0 Å². The molecule has 0 N–H and O–H groups in total. The zero-order chi connectivity index (χ0) is 36.6. The molecule has 3 heterocycles. The van der Waals surface area contributed by atoms with E-state index in [0.29, 0.717) is 11.1 Å². The fourth-order valence-corrected chi connectivity index (χ4v) is 8.74. The number of fused-ring (bicyclic) bond motifs is 9. The lowest BCUT2D eigenvalue weighted by atomic mass is 10.0. The SMILES string of the molecule is N#Cc1cc(-c2ccc(-n3c4ccccc4c4ccccc43)cc2)cc(-n2c3ccc(C#N)cc3c3c(-n4c5ccccc5c5ccccc54)cccc32)c1. The minimum absolute atomic E-state index is 0.571. The molecule has 8 aromatic carbocycles. The van der Waals surface area contributed by atoms with Gasteiger partial charge in [-0.05, 0) is 96.1 Å². The Morgan fingerprint density at radius 2 is 0.836 bits per heavy atom. The molecule has 5 nitrogen and oxygen atoms in total. The molecule has 0 saturated carbocycles. The van der Waals surface area contributed by atoms with Gasteiger partial charge < -0.3 is 13.7 Å². The van der Waals surface area contributed by atoms with Crippen molar-refractivity contribution in [1.29, 1.82) is 10.5 Å². The van der Waals surface area contributed by atoms with Crippen molar-refractivity contribution in [2.24, 2.45) is 0 Å². The molecule has 11 aromatic rings. The highest BCUT2D eigenvalue weighted by Crippen LogP contribution is 2.41. The quantitative estimate of drug-likeness (QED) is 0.184. The number of hydrogen-bond donors (Lipinski definition) is 0. The number of hydrogen-bond acceptors (Lipinski definition) is 2. The van der Waals surface area contributed by atoms with Crippen LogP contribution in [0.5, 0.6) is 0 Å². The average molecular weight is 700 g/mol. The minimum atomic E-state index is 0.571. The molecule has 0 bridgehead atoms. The van der Waals surface area contributed by atoms with Crippen molar-refractivity contribution >= 4 is 65.4 Å². The van der Waals surface area contributed by atoms with Gasteiger partial charge in [0.25, 0.3) is 0 Å². The molecule has 0 spiro atoms. The summed E-state index contributed by atoms with van der Waals surface area (Å²) in [6.07, 6.45) is 0. The van der Waals surface area contributed by atoms with Crippen LogP contribution in [0.15, 0.2) is 176 Å². The Balaban J connectivity index is 1.12. The first kappa shape index (κ1) is 30.7. The lowest BCUT2D eigenvalue weighted by Crippen LogP contribution is -1.98. The number of nitrogens with zero attached hydrogens (tertiary/aromatic N) is 5. The zero-order valence-corrected chi connectivity index (χ0v) is 29.5. The highest BCUT2D eigenvalue weighted by Gasteiger charge is 2.21. The molecule has 0 radical (unpaired) electrons. The Labute approximate surface area is 316 Å². The van der Waals surface area contributed by atoms with Crippen LogP contribution < -0.4 is 0 Å². The predicted molar refractivity (Wildman–Crippen MR) is 224 cm³/mol. The van der Waals surface area contributed by atoms with Crippen LogP contribution in [0.2, 0.25) is 0 Å². The summed E-state index contributed by atoms with van der Waals surface area (Å²) in [5.74, 6) is 0.